The number of hydrogen-bond acceptors (Lipinski definition) is 6. The molecule has 1 aliphatic heterocycles. The van der Waals surface area contributed by atoms with E-state index in [1.807, 2.05) is 0 Å². The number of nitrogens with zero attached hydrogens (tertiary/aromatic N) is 1. The second-order valence-electron chi connectivity index (χ2n) is 6.19. The highest BCUT2D eigenvalue weighted by Crippen LogP contribution is 2.33. The zero-order valence-electron chi connectivity index (χ0n) is 16.0. The number of fused-ring (bicyclic) bond motifs is 1. The number of sulfonamides is 1. The highest BCUT2D eigenvalue weighted by Gasteiger charge is 2.27. The average Bonchev–Trinajstić information content (AvgIpc) is 2.69. The van der Waals surface area contributed by atoms with Gasteiger partial charge in [-0.05, 0) is 37.3 Å². The molecular formula is C19H21ClN2O6S. The highest BCUT2D eigenvalue weighted by atomic mass is 35.5. The Hall–Kier alpha value is -2.49. The van der Waals surface area contributed by atoms with Gasteiger partial charge >= 0.3 is 0 Å². The third kappa shape index (κ3) is 4.92. The summed E-state index contributed by atoms with van der Waals surface area (Å²) in [5, 5.41) is 2.91. The Balaban J connectivity index is 1.73. The number of rotatable bonds is 7. The van der Waals surface area contributed by atoms with Crippen LogP contribution in [0.1, 0.15) is 6.92 Å². The molecule has 1 aliphatic rings. The van der Waals surface area contributed by atoms with Gasteiger partial charge in [0, 0.05) is 23.8 Å². The first kappa shape index (κ1) is 21.2. The van der Waals surface area contributed by atoms with Gasteiger partial charge in [0.05, 0.1) is 13.2 Å². The quantitative estimate of drug-likeness (QED) is 0.711. The SMILES string of the molecule is CCOc1ccc(Cl)cc1S(=O)(=O)N(C)CC(=O)Nc1ccc2c(c1)OCCO2. The fourth-order valence-corrected chi connectivity index (χ4v) is 4.25. The molecule has 0 radical (unpaired) electrons. The molecule has 0 aliphatic carbocycles. The first-order valence-electron chi connectivity index (χ1n) is 8.89. The van der Waals surface area contributed by atoms with Crippen molar-refractivity contribution in [3.63, 3.8) is 0 Å². The van der Waals surface area contributed by atoms with Crippen LogP contribution in [0.25, 0.3) is 0 Å². The third-order valence-corrected chi connectivity index (χ3v) is 6.15. The van der Waals surface area contributed by atoms with E-state index in [-0.39, 0.29) is 15.7 Å². The average molecular weight is 441 g/mol. The van der Waals surface area contributed by atoms with Crippen molar-refractivity contribution in [3.05, 3.63) is 41.4 Å². The molecule has 0 aromatic heterocycles. The minimum absolute atomic E-state index is 0.0959. The number of anilines is 1. The van der Waals surface area contributed by atoms with Crippen molar-refractivity contribution in [2.24, 2.45) is 0 Å². The van der Waals surface area contributed by atoms with E-state index in [0.29, 0.717) is 37.0 Å². The zero-order chi connectivity index (χ0) is 21.0. The standard InChI is InChI=1S/C19H21ClN2O6S/c1-3-26-16-6-4-13(20)10-18(16)29(24,25)22(2)12-19(23)21-14-5-7-15-17(11-14)28-9-8-27-15/h4-7,10-11H,3,8-9,12H2,1-2H3,(H,21,23). The van der Waals surface area contributed by atoms with Crippen molar-refractivity contribution in [3.8, 4) is 17.2 Å². The van der Waals surface area contributed by atoms with Gasteiger partial charge in [-0.2, -0.15) is 4.31 Å². The molecule has 0 fully saturated rings. The fraction of sp³-hybridized carbons (Fsp3) is 0.316. The van der Waals surface area contributed by atoms with E-state index < -0.39 is 22.5 Å². The smallest absolute Gasteiger partial charge is 0.247 e. The third-order valence-electron chi connectivity index (χ3n) is 4.09. The van der Waals surface area contributed by atoms with Crippen molar-refractivity contribution in [2.45, 2.75) is 11.8 Å². The summed E-state index contributed by atoms with van der Waals surface area (Å²) in [7, 11) is -2.68. The van der Waals surface area contributed by atoms with E-state index >= 15 is 0 Å². The first-order valence-corrected chi connectivity index (χ1v) is 10.7. The van der Waals surface area contributed by atoms with Crippen LogP contribution in [0, 0.1) is 0 Å². The molecule has 0 spiro atoms. The summed E-state index contributed by atoms with van der Waals surface area (Å²) in [5.74, 6) is 0.789. The zero-order valence-corrected chi connectivity index (χ0v) is 17.5. The number of amides is 1. The van der Waals surface area contributed by atoms with Crippen LogP contribution in [0.4, 0.5) is 5.69 Å². The summed E-state index contributed by atoms with van der Waals surface area (Å²) >= 11 is 5.96. The maximum Gasteiger partial charge on any atom is 0.247 e. The topological polar surface area (TPSA) is 94.2 Å². The largest absolute Gasteiger partial charge is 0.492 e. The van der Waals surface area contributed by atoms with Gasteiger partial charge in [0.2, 0.25) is 15.9 Å². The molecular weight excluding hydrogens is 420 g/mol. The molecule has 0 bridgehead atoms. The Kier molecular flexibility index (Phi) is 6.51. The number of likely N-dealkylation sites (N-methyl/N-ethyl adjacent to an activating group) is 1. The van der Waals surface area contributed by atoms with Gasteiger partial charge in [-0.3, -0.25) is 4.79 Å². The molecule has 0 unspecified atom stereocenters. The van der Waals surface area contributed by atoms with E-state index in [1.54, 1.807) is 31.2 Å². The highest BCUT2D eigenvalue weighted by molar-refractivity contribution is 7.89. The number of halogens is 1. The number of nitrogens with one attached hydrogen (secondary N) is 1. The van der Waals surface area contributed by atoms with Crippen molar-refractivity contribution in [2.75, 3.05) is 38.7 Å². The van der Waals surface area contributed by atoms with E-state index in [1.165, 1.54) is 19.2 Å². The molecule has 0 saturated heterocycles. The van der Waals surface area contributed by atoms with Crippen LogP contribution in [-0.4, -0.2) is 52.0 Å². The van der Waals surface area contributed by atoms with Gasteiger partial charge in [0.15, 0.2) is 11.5 Å². The number of benzene rings is 2. The Labute approximate surface area is 174 Å². The number of carbonyl (C=O) groups is 1. The van der Waals surface area contributed by atoms with E-state index in [2.05, 4.69) is 5.32 Å². The van der Waals surface area contributed by atoms with Crippen molar-refractivity contribution >= 4 is 33.2 Å². The summed E-state index contributed by atoms with van der Waals surface area (Å²) in [6.07, 6.45) is 0. The van der Waals surface area contributed by atoms with Gasteiger partial charge in [0.25, 0.3) is 0 Å². The molecule has 0 saturated carbocycles. The monoisotopic (exact) mass is 440 g/mol. The maximum absolute atomic E-state index is 12.9. The minimum Gasteiger partial charge on any atom is -0.492 e. The Morgan fingerprint density at radius 3 is 2.62 bits per heavy atom. The molecule has 2 aromatic rings. The van der Waals surface area contributed by atoms with E-state index in [9.17, 15) is 13.2 Å². The van der Waals surface area contributed by atoms with E-state index in [0.717, 1.165) is 4.31 Å². The van der Waals surface area contributed by atoms with Gasteiger partial charge in [0.1, 0.15) is 23.9 Å². The van der Waals surface area contributed by atoms with Gasteiger partial charge in [-0.1, -0.05) is 11.6 Å². The van der Waals surface area contributed by atoms with Gasteiger partial charge in [-0.15, -0.1) is 0 Å². The maximum atomic E-state index is 12.9. The van der Waals surface area contributed by atoms with Gasteiger partial charge in [-0.25, -0.2) is 8.42 Å². The van der Waals surface area contributed by atoms with Crippen molar-refractivity contribution in [1.29, 1.82) is 0 Å². The van der Waals surface area contributed by atoms with Crippen molar-refractivity contribution in [1.82, 2.24) is 4.31 Å². The molecule has 29 heavy (non-hydrogen) atoms. The molecule has 3 rings (SSSR count). The Bertz CT molecular complexity index is 1010. The van der Waals surface area contributed by atoms with E-state index in [4.69, 9.17) is 25.8 Å². The molecule has 1 amide bonds. The molecule has 156 valence electrons. The molecule has 1 heterocycles. The van der Waals surface area contributed by atoms with Crippen molar-refractivity contribution < 1.29 is 27.4 Å². The number of carbonyl (C=O) groups excluding carboxylic acids is 1. The Morgan fingerprint density at radius 1 is 1.17 bits per heavy atom. The summed E-state index contributed by atoms with van der Waals surface area (Å²) < 4.78 is 43.1. The van der Waals surface area contributed by atoms with Crippen LogP contribution in [0.15, 0.2) is 41.3 Å². The number of hydrogen-bond donors (Lipinski definition) is 1. The second-order valence-corrected chi connectivity index (χ2v) is 8.64. The summed E-state index contributed by atoms with van der Waals surface area (Å²) in [6, 6.07) is 9.30. The molecule has 10 heteroatoms. The normalized spacial score (nSPS) is 13.2. The summed E-state index contributed by atoms with van der Waals surface area (Å²) in [6.45, 7) is 2.53. The lowest BCUT2D eigenvalue weighted by molar-refractivity contribution is -0.116. The number of ether oxygens (including phenoxy) is 3. The second kappa shape index (κ2) is 8.89. The fourth-order valence-electron chi connectivity index (χ4n) is 2.73. The van der Waals surface area contributed by atoms with Crippen LogP contribution >= 0.6 is 11.6 Å². The van der Waals surface area contributed by atoms with Crippen LogP contribution < -0.4 is 19.5 Å². The lowest BCUT2D eigenvalue weighted by atomic mass is 10.2. The summed E-state index contributed by atoms with van der Waals surface area (Å²) in [5.41, 5.74) is 0.475. The Morgan fingerprint density at radius 2 is 1.90 bits per heavy atom. The molecule has 8 nitrogen and oxygen atoms in total. The molecule has 0 atom stereocenters. The van der Waals surface area contributed by atoms with Crippen LogP contribution in [0.5, 0.6) is 17.2 Å². The lowest BCUT2D eigenvalue weighted by Crippen LogP contribution is -2.35. The first-order chi connectivity index (χ1) is 13.8. The molecule has 2 aromatic carbocycles. The summed E-state index contributed by atoms with van der Waals surface area (Å²) in [4.78, 5) is 12.3. The predicted molar refractivity (Wildman–Crippen MR) is 108 cm³/mol. The minimum atomic E-state index is -4.00. The van der Waals surface area contributed by atoms with Crippen LogP contribution in [0.3, 0.4) is 0 Å². The predicted octanol–water partition coefficient (Wildman–Crippen LogP) is 2.77. The lowest BCUT2D eigenvalue weighted by Gasteiger charge is -2.20. The molecule has 1 N–H and O–H groups in total. The van der Waals surface area contributed by atoms with Crippen LogP contribution in [-0.2, 0) is 14.8 Å². The van der Waals surface area contributed by atoms with Crippen LogP contribution in [0.2, 0.25) is 5.02 Å². The van der Waals surface area contributed by atoms with Gasteiger partial charge < -0.3 is 19.5 Å².